The average Bonchev–Trinajstić information content (AvgIpc) is 3.96. The second-order valence-electron chi connectivity index (χ2n) is 19.3. The minimum atomic E-state index is -1.78. The Morgan fingerprint density at radius 2 is 1.46 bits per heavy atom. The molecule has 18 N–H and O–H groups in total. The predicted molar refractivity (Wildman–Crippen MR) is 299 cm³/mol. The second-order valence-corrected chi connectivity index (χ2v) is 21.9. The molecule has 0 aromatic heterocycles. The van der Waals surface area contributed by atoms with Crippen LogP contribution in [0.15, 0.2) is 58.6 Å². The fourth-order valence-electron chi connectivity index (χ4n) is 8.58. The molecule has 9 atom stereocenters. The van der Waals surface area contributed by atoms with Gasteiger partial charge in [0.05, 0.1) is 6.42 Å². The number of primary amides is 3. The summed E-state index contributed by atoms with van der Waals surface area (Å²) in [6.07, 6.45) is -1.17. The molecule has 4 rings (SSSR count). The van der Waals surface area contributed by atoms with Crippen molar-refractivity contribution in [2.75, 3.05) is 24.6 Å². The van der Waals surface area contributed by atoms with Gasteiger partial charge < -0.3 is 75.9 Å². The van der Waals surface area contributed by atoms with E-state index in [0.29, 0.717) is 23.2 Å². The summed E-state index contributed by atoms with van der Waals surface area (Å²) in [4.78, 5) is 158. The SMILES string of the molecule is CC[C@H](C)[C@@H]1NC(=O)[C@@H](Cc2ccc(O)cc2)NC(=O)CCSSC[C@@H](C(=O)N2CCC[C@@H]2C(=O)N[C@@H](CCCN=C(N)N)C(=O)N[C@@H](Cc2ccc(N=[N+]=[N-])cc2)C(N)=O)NC(=O)[C@H](CC(N)=O)NC(=O)[C@@H](CCC(N)=O)NC1=O. The van der Waals surface area contributed by atoms with Gasteiger partial charge in [-0.2, -0.15) is 0 Å². The van der Waals surface area contributed by atoms with E-state index in [1.165, 1.54) is 29.2 Å². The summed E-state index contributed by atoms with van der Waals surface area (Å²) in [5.41, 5.74) is 37.8. The zero-order chi connectivity index (χ0) is 59.8. The summed E-state index contributed by atoms with van der Waals surface area (Å²) in [5.74, 6) is -10.6. The number of hydrogen-bond acceptors (Lipinski definition) is 16. The lowest BCUT2D eigenvalue weighted by molar-refractivity contribution is -0.142. The maximum absolute atomic E-state index is 14.8. The molecule has 11 amide bonds. The molecule has 0 spiro atoms. The highest BCUT2D eigenvalue weighted by Gasteiger charge is 2.41. The maximum Gasteiger partial charge on any atom is 0.246 e. The van der Waals surface area contributed by atoms with Crippen molar-refractivity contribution in [1.29, 1.82) is 0 Å². The summed E-state index contributed by atoms with van der Waals surface area (Å²) >= 11 is 0. The fraction of sp³-hybridized carbons (Fsp3) is 0.520. The van der Waals surface area contributed by atoms with Crippen LogP contribution in [0.4, 0.5) is 5.69 Å². The van der Waals surface area contributed by atoms with Crippen LogP contribution in [0.1, 0.15) is 82.8 Å². The predicted octanol–water partition coefficient (Wildman–Crippen LogP) is -1.99. The van der Waals surface area contributed by atoms with Crippen molar-refractivity contribution >= 4 is 98.2 Å². The standard InChI is InChI=1S/C50H71N17O12S2/c1-3-26(2)41-48(78)60-32(16-17-38(51)69)44(74)62-35(24-39(52)70)45(75)63-36(25-81-80-21-18-40(71)58-34(46(76)64-41)23-28-10-14-30(68)15-11-28)49(79)67-20-5-7-37(67)47(77)59-31(6-4-19-57-50(54)55)43(73)61-33(42(53)72)22-27-8-12-29(13-9-27)65-66-56/h8-15,26,31-37,41,68H,3-7,16-25H2,1-2H3,(H2,51,69)(H2,52,70)(H2,53,72)(H,58,71)(H,59,77)(H,60,78)(H,61,73)(H,62,74)(H,63,75)(H,64,76)(H4,54,55,57)/t26-,31-,32+,33-,34+,35-,36-,37+,41-/m0/s1. The number of guanidine groups is 1. The van der Waals surface area contributed by atoms with Gasteiger partial charge in [-0.15, -0.1) is 0 Å². The Labute approximate surface area is 474 Å². The van der Waals surface area contributed by atoms with Crippen LogP contribution in [0.25, 0.3) is 10.4 Å². The molecule has 2 aromatic carbocycles. The van der Waals surface area contributed by atoms with Gasteiger partial charge in [0.15, 0.2) is 5.96 Å². The summed E-state index contributed by atoms with van der Waals surface area (Å²) < 4.78 is 0. The van der Waals surface area contributed by atoms with Gasteiger partial charge >= 0.3 is 0 Å². The minimum absolute atomic E-state index is 0.00986. The average molecular weight is 1170 g/mol. The van der Waals surface area contributed by atoms with Gasteiger partial charge in [-0.3, -0.25) is 57.7 Å². The Bertz CT molecular complexity index is 2670. The van der Waals surface area contributed by atoms with E-state index in [1.54, 1.807) is 38.1 Å². The number of likely N-dealkylation sites (tertiary alicyclic amines) is 1. The molecule has 0 unspecified atom stereocenters. The van der Waals surface area contributed by atoms with Crippen molar-refractivity contribution in [3.63, 3.8) is 0 Å². The molecule has 0 saturated carbocycles. The first kappa shape index (κ1) is 65.2. The molecule has 0 radical (unpaired) electrons. The van der Waals surface area contributed by atoms with Gasteiger partial charge in [0, 0.05) is 60.9 Å². The molecule has 81 heavy (non-hydrogen) atoms. The normalized spacial score (nSPS) is 21.6. The minimum Gasteiger partial charge on any atom is -0.508 e. The lowest BCUT2D eigenvalue weighted by Crippen LogP contribution is -2.61. The second kappa shape index (κ2) is 32.7. The van der Waals surface area contributed by atoms with Gasteiger partial charge in [-0.25, -0.2) is 0 Å². The number of nitrogens with one attached hydrogen (secondary N) is 7. The highest BCUT2D eigenvalue weighted by molar-refractivity contribution is 8.76. The smallest absolute Gasteiger partial charge is 0.246 e. The maximum atomic E-state index is 14.8. The van der Waals surface area contributed by atoms with Crippen LogP contribution in [-0.4, -0.2) is 154 Å². The third kappa shape index (κ3) is 21.7. The lowest BCUT2D eigenvalue weighted by atomic mass is 9.96. The van der Waals surface area contributed by atoms with Gasteiger partial charge in [-0.05, 0) is 66.8 Å². The zero-order valence-corrected chi connectivity index (χ0v) is 46.4. The molecule has 2 aliphatic heterocycles. The Morgan fingerprint density at radius 1 is 0.802 bits per heavy atom. The van der Waals surface area contributed by atoms with E-state index in [1.807, 2.05) is 0 Å². The van der Waals surface area contributed by atoms with Gasteiger partial charge in [0.2, 0.25) is 65.0 Å². The van der Waals surface area contributed by atoms with Crippen LogP contribution in [0, 0.1) is 5.92 Å². The number of aliphatic imine (C=N–C) groups is 1. The first-order valence-corrected chi connectivity index (χ1v) is 28.5. The summed E-state index contributed by atoms with van der Waals surface area (Å²) in [7, 11) is 2.17. The van der Waals surface area contributed by atoms with E-state index >= 15 is 0 Å². The van der Waals surface area contributed by atoms with E-state index < -0.39 is 138 Å². The van der Waals surface area contributed by atoms with E-state index in [-0.39, 0.29) is 81.3 Å². The first-order chi connectivity index (χ1) is 38.5. The van der Waals surface area contributed by atoms with Crippen LogP contribution in [0.5, 0.6) is 5.75 Å². The number of carbonyl (C=O) groups excluding carboxylic acids is 11. The zero-order valence-electron chi connectivity index (χ0n) is 44.8. The molecular weight excluding hydrogens is 1090 g/mol. The molecule has 2 aliphatic rings. The molecule has 0 aliphatic carbocycles. The highest BCUT2D eigenvalue weighted by atomic mass is 33.1. The van der Waals surface area contributed by atoms with Crippen molar-refractivity contribution < 1.29 is 57.8 Å². The summed E-state index contributed by atoms with van der Waals surface area (Å²) in [6, 6.07) is 0.759. The molecule has 2 aromatic rings. The van der Waals surface area contributed by atoms with Crippen molar-refractivity contribution in [3.8, 4) is 5.75 Å². The number of phenols is 1. The Morgan fingerprint density at radius 3 is 2.09 bits per heavy atom. The van der Waals surface area contributed by atoms with E-state index in [4.69, 9.17) is 34.2 Å². The Kier molecular flexibility index (Phi) is 26.3. The number of rotatable bonds is 22. The van der Waals surface area contributed by atoms with Crippen LogP contribution in [0.3, 0.4) is 0 Å². The van der Waals surface area contributed by atoms with Crippen LogP contribution in [0.2, 0.25) is 0 Å². The summed E-state index contributed by atoms with van der Waals surface area (Å²) in [6.45, 7) is 3.44. The number of nitrogens with zero attached hydrogens (tertiary/aromatic N) is 5. The van der Waals surface area contributed by atoms with Crippen LogP contribution >= 0.6 is 21.6 Å². The molecule has 440 valence electrons. The van der Waals surface area contributed by atoms with Crippen molar-refractivity contribution in [1.82, 2.24) is 42.1 Å². The molecule has 31 heteroatoms. The van der Waals surface area contributed by atoms with Crippen LogP contribution < -0.4 is 65.9 Å². The highest BCUT2D eigenvalue weighted by Crippen LogP contribution is 2.26. The molecule has 2 fully saturated rings. The quantitative estimate of drug-likeness (QED) is 0.0116. The first-order valence-electron chi connectivity index (χ1n) is 26.0. The van der Waals surface area contributed by atoms with E-state index in [0.717, 1.165) is 21.6 Å². The third-order valence-electron chi connectivity index (χ3n) is 13.1. The van der Waals surface area contributed by atoms with E-state index in [2.05, 4.69) is 52.2 Å². The van der Waals surface area contributed by atoms with Gasteiger partial charge in [-0.1, -0.05) is 83.4 Å². The Hall–Kier alpha value is -8.31. The number of hydrogen-bond donors (Lipinski definition) is 13. The number of aromatic hydroxyl groups is 1. The Balaban J connectivity index is 1.66. The third-order valence-corrected chi connectivity index (χ3v) is 15.5. The molecule has 2 heterocycles. The molecule has 2 saturated heterocycles. The lowest BCUT2D eigenvalue weighted by Gasteiger charge is -2.31. The number of amides is 11. The van der Waals surface area contributed by atoms with Crippen molar-refractivity contribution in [2.24, 2.45) is 44.7 Å². The molecule has 29 nitrogen and oxygen atoms in total. The van der Waals surface area contributed by atoms with E-state index in [9.17, 15) is 57.8 Å². The number of phenolic OH excluding ortho intramolecular Hbond substituents is 1. The number of benzene rings is 2. The number of carbonyl (C=O) groups is 11. The van der Waals surface area contributed by atoms with Crippen molar-refractivity contribution in [3.05, 3.63) is 70.1 Å². The topological polar surface area (TPSA) is 487 Å². The van der Waals surface area contributed by atoms with Crippen LogP contribution in [-0.2, 0) is 65.6 Å². The number of azide groups is 1. The van der Waals surface area contributed by atoms with Gasteiger partial charge in [0.1, 0.15) is 54.1 Å². The monoisotopic (exact) mass is 1170 g/mol. The summed E-state index contributed by atoms with van der Waals surface area (Å²) in [5, 5.41) is 31.6. The van der Waals surface area contributed by atoms with Gasteiger partial charge in [0.25, 0.3) is 0 Å². The largest absolute Gasteiger partial charge is 0.508 e. The molecule has 0 bridgehead atoms. The van der Waals surface area contributed by atoms with Crippen molar-refractivity contribution in [2.45, 2.75) is 133 Å². The molecular formula is C50H71N17O12S2. The fourth-order valence-corrected chi connectivity index (χ4v) is 10.7. The number of nitrogens with two attached hydrogens (primary N) is 5.